The zero-order chi connectivity index (χ0) is 40.1. The second-order valence-electron chi connectivity index (χ2n) is 13.0. The van der Waals surface area contributed by atoms with E-state index in [0.717, 1.165) is 10.9 Å². The van der Waals surface area contributed by atoms with Gasteiger partial charge in [-0.25, -0.2) is 0 Å². The van der Waals surface area contributed by atoms with Crippen LogP contribution in [0.25, 0.3) is 10.9 Å². The minimum atomic E-state index is -2.37. The Morgan fingerprint density at radius 3 is 2.05 bits per heavy atom. The molecule has 4 atom stereocenters. The van der Waals surface area contributed by atoms with Gasteiger partial charge in [-0.1, -0.05) is 60.7 Å². The maximum Gasteiger partial charge on any atom is 0.267 e. The quantitative estimate of drug-likeness (QED) is 0.0204. The van der Waals surface area contributed by atoms with Crippen molar-refractivity contribution in [3.63, 3.8) is 0 Å². The van der Waals surface area contributed by atoms with Crippen LogP contribution < -0.4 is 38.1 Å². The summed E-state index contributed by atoms with van der Waals surface area (Å²) in [6, 6.07) is 17.8. The van der Waals surface area contributed by atoms with Crippen LogP contribution in [0.4, 0.5) is 0 Å². The molecule has 0 aliphatic heterocycles. The number of nitrogens with zero attached hydrogens (tertiary/aromatic N) is 1. The van der Waals surface area contributed by atoms with Gasteiger partial charge in [0, 0.05) is 61.1 Å². The molecule has 5 amide bonds. The third kappa shape index (κ3) is 11.8. The predicted molar refractivity (Wildman–Crippen MR) is 202 cm³/mol. The summed E-state index contributed by atoms with van der Waals surface area (Å²) in [5.41, 5.74) is 11.7. The topological polar surface area (TPSA) is 301 Å². The third-order valence-corrected chi connectivity index (χ3v) is 8.70. The maximum absolute atomic E-state index is 14.3. The third-order valence-electron chi connectivity index (χ3n) is 8.70. The summed E-state index contributed by atoms with van der Waals surface area (Å²) in [7, 11) is 0. The van der Waals surface area contributed by atoms with E-state index < -0.39 is 77.2 Å². The first-order chi connectivity index (χ1) is 26.2. The Hall–Kier alpha value is -6.98. The molecule has 18 nitrogen and oxygen atoms in total. The van der Waals surface area contributed by atoms with Crippen molar-refractivity contribution in [1.29, 1.82) is 5.41 Å². The van der Waals surface area contributed by atoms with Crippen molar-refractivity contribution in [3.8, 4) is 5.75 Å². The number of para-hydroxylation sites is 1. The number of nitrogens with one attached hydrogen (secondary N) is 7. The molecule has 0 spiro atoms. The number of nitrogens with two attached hydrogens (primary N) is 2. The molecule has 1 heterocycles. The fourth-order valence-corrected chi connectivity index (χ4v) is 6.06. The zero-order valence-corrected chi connectivity index (χ0v) is 30.0. The Morgan fingerprint density at radius 2 is 1.44 bits per heavy atom. The lowest BCUT2D eigenvalue weighted by atomic mass is 9.97. The fraction of sp³-hybridized carbons (Fsp3) is 0.297. The summed E-state index contributed by atoms with van der Waals surface area (Å²) in [5.74, 6) is -5.10. The number of nitro groups is 1. The number of H-pyrrole nitrogens is 1. The minimum Gasteiger partial charge on any atom is -0.508 e. The van der Waals surface area contributed by atoms with Gasteiger partial charge in [0.05, 0.1) is 0 Å². The highest BCUT2D eigenvalue weighted by molar-refractivity contribution is 5.99. The fourth-order valence-electron chi connectivity index (χ4n) is 6.06. The smallest absolute Gasteiger partial charge is 0.267 e. The lowest BCUT2D eigenvalue weighted by Gasteiger charge is -2.36. The monoisotopic (exact) mass is 756 g/mol. The van der Waals surface area contributed by atoms with Crippen LogP contribution in [0.1, 0.15) is 36.5 Å². The van der Waals surface area contributed by atoms with Gasteiger partial charge < -0.3 is 48.1 Å². The number of fused-ring (bicyclic) bond motifs is 1. The molecular formula is C37H44N10O8. The summed E-state index contributed by atoms with van der Waals surface area (Å²) in [6.45, 7) is 0.577. The van der Waals surface area contributed by atoms with E-state index in [9.17, 15) is 39.2 Å². The standard InChI is InChI=1S/C37H44N10O8/c1-22(48)42-30(19-24-12-14-26(49)15-13-24)33(51)43-31(18-23-8-3-2-4-9-23)34(52)45-37(46-36(39)40,16-7-17-47(54)55)35(53)44-29(32(38)50)20-25-21-41-28-11-6-5-10-27(25)28/h2-6,8-15,21,29-31,41,49H,7,16-20H2,1H3,(H2,38,50)(H,42,48)(H,43,51)(H,44,53)(H,45,52)(H4,39,40,46)/t29?,30-,31+,37+/m0/s1. The SMILES string of the molecule is CC(=O)N[C@@H](Cc1ccc(O)cc1)C(=O)N[C@H](Cc1ccccc1)C(=O)N[C@](CCC[N+](=O)[O-])(NC(=N)N)C(=O)NC(Cc1c[nH]c2ccccc12)C(N)=O. The van der Waals surface area contributed by atoms with Crippen molar-refractivity contribution >= 4 is 46.4 Å². The number of aromatic nitrogens is 1. The summed E-state index contributed by atoms with van der Waals surface area (Å²) in [4.78, 5) is 81.1. The number of hydrogen-bond donors (Lipinski definition) is 10. The largest absolute Gasteiger partial charge is 0.508 e. The van der Waals surface area contributed by atoms with E-state index in [2.05, 4.69) is 31.6 Å². The number of amides is 5. The zero-order valence-electron chi connectivity index (χ0n) is 30.0. The van der Waals surface area contributed by atoms with Crippen molar-refractivity contribution in [3.05, 3.63) is 112 Å². The van der Waals surface area contributed by atoms with Gasteiger partial charge in [-0.15, -0.1) is 0 Å². The van der Waals surface area contributed by atoms with E-state index in [1.807, 2.05) is 18.2 Å². The van der Waals surface area contributed by atoms with Gasteiger partial charge in [0.2, 0.25) is 30.2 Å². The van der Waals surface area contributed by atoms with Crippen LogP contribution in [0.5, 0.6) is 5.75 Å². The molecule has 0 aliphatic rings. The molecule has 1 aromatic heterocycles. The van der Waals surface area contributed by atoms with Gasteiger partial charge in [0.25, 0.3) is 5.91 Å². The number of primary amides is 1. The van der Waals surface area contributed by atoms with Crippen LogP contribution in [0, 0.1) is 15.5 Å². The van der Waals surface area contributed by atoms with Gasteiger partial charge in [-0.05, 0) is 34.9 Å². The number of carbonyl (C=O) groups excluding carboxylic acids is 5. The lowest BCUT2D eigenvalue weighted by molar-refractivity contribution is -0.480. The van der Waals surface area contributed by atoms with Crippen LogP contribution in [-0.4, -0.2) is 80.8 Å². The number of aromatic amines is 1. The summed E-state index contributed by atoms with van der Waals surface area (Å²) in [6.07, 6.45) is 0.626. The molecule has 0 bridgehead atoms. The molecule has 1 unspecified atom stereocenters. The highest BCUT2D eigenvalue weighted by Crippen LogP contribution is 2.20. The highest BCUT2D eigenvalue weighted by Gasteiger charge is 2.44. The summed E-state index contributed by atoms with van der Waals surface area (Å²) >= 11 is 0. The summed E-state index contributed by atoms with van der Waals surface area (Å²) in [5, 5.41) is 42.6. The number of aromatic hydroxyl groups is 1. The van der Waals surface area contributed by atoms with Gasteiger partial charge in [0.15, 0.2) is 11.6 Å². The van der Waals surface area contributed by atoms with Crippen molar-refractivity contribution < 1.29 is 34.0 Å². The average molecular weight is 757 g/mol. The number of benzene rings is 3. The number of rotatable bonds is 19. The Kier molecular flexibility index (Phi) is 13.8. The molecular weight excluding hydrogens is 712 g/mol. The van der Waals surface area contributed by atoms with Gasteiger partial charge >= 0.3 is 0 Å². The number of guanidine groups is 1. The van der Waals surface area contributed by atoms with Crippen LogP contribution in [0.3, 0.4) is 0 Å². The lowest BCUT2D eigenvalue weighted by Crippen LogP contribution is -2.72. The van der Waals surface area contributed by atoms with E-state index in [-0.39, 0.29) is 31.4 Å². The molecule has 290 valence electrons. The average Bonchev–Trinajstić information content (AvgIpc) is 3.53. The van der Waals surface area contributed by atoms with E-state index >= 15 is 0 Å². The first-order valence-electron chi connectivity index (χ1n) is 17.3. The van der Waals surface area contributed by atoms with Crippen LogP contribution in [0.15, 0.2) is 85.1 Å². The van der Waals surface area contributed by atoms with Crippen molar-refractivity contribution in [2.75, 3.05) is 6.54 Å². The van der Waals surface area contributed by atoms with Crippen LogP contribution >= 0.6 is 0 Å². The predicted octanol–water partition coefficient (Wildman–Crippen LogP) is 0.213. The van der Waals surface area contributed by atoms with E-state index in [1.54, 1.807) is 54.7 Å². The molecule has 0 saturated carbocycles. The number of phenols is 1. The van der Waals surface area contributed by atoms with Gasteiger partial charge in [-0.3, -0.25) is 39.5 Å². The van der Waals surface area contributed by atoms with E-state index in [1.165, 1.54) is 19.1 Å². The first-order valence-corrected chi connectivity index (χ1v) is 17.3. The molecule has 4 rings (SSSR count). The molecule has 55 heavy (non-hydrogen) atoms. The van der Waals surface area contributed by atoms with Crippen LogP contribution in [0.2, 0.25) is 0 Å². The minimum absolute atomic E-state index is 0.00566. The van der Waals surface area contributed by atoms with Crippen LogP contribution in [-0.2, 0) is 43.2 Å². The molecule has 4 aromatic rings. The highest BCUT2D eigenvalue weighted by atomic mass is 16.6. The molecule has 0 saturated heterocycles. The Morgan fingerprint density at radius 1 is 0.818 bits per heavy atom. The van der Waals surface area contributed by atoms with Crippen molar-refractivity contribution in [2.45, 2.75) is 62.8 Å². The van der Waals surface area contributed by atoms with Gasteiger partial charge in [-0.2, -0.15) is 0 Å². The Labute approximate surface area is 315 Å². The normalized spacial score (nSPS) is 13.6. The molecule has 0 aliphatic carbocycles. The second-order valence-corrected chi connectivity index (χ2v) is 13.0. The molecule has 12 N–H and O–H groups in total. The van der Waals surface area contributed by atoms with E-state index in [0.29, 0.717) is 16.7 Å². The molecule has 18 heteroatoms. The van der Waals surface area contributed by atoms with Gasteiger partial charge in [0.1, 0.15) is 23.9 Å². The van der Waals surface area contributed by atoms with Crippen molar-refractivity contribution in [2.24, 2.45) is 11.5 Å². The van der Waals surface area contributed by atoms with Crippen molar-refractivity contribution in [1.82, 2.24) is 31.6 Å². The van der Waals surface area contributed by atoms with E-state index in [4.69, 9.17) is 16.9 Å². The summed E-state index contributed by atoms with van der Waals surface area (Å²) < 4.78 is 0. The molecule has 0 fully saturated rings. The number of phenolic OH excluding ortho intramolecular Hbond substituents is 1. The first kappa shape index (κ1) is 40.8. The number of hydrogen-bond acceptors (Lipinski definition) is 9. The molecule has 3 aromatic carbocycles. The maximum atomic E-state index is 14.3. The number of carbonyl (C=O) groups is 5. The Balaban J connectivity index is 1.68. The second kappa shape index (κ2) is 18.7. The Bertz CT molecular complexity index is 2020. The molecule has 0 radical (unpaired) electrons.